The van der Waals surface area contributed by atoms with Gasteiger partial charge in [0.15, 0.2) is 5.76 Å². The van der Waals surface area contributed by atoms with E-state index in [1.54, 1.807) is 25.1 Å². The molecule has 0 fully saturated rings. The van der Waals surface area contributed by atoms with Crippen LogP contribution in [0.15, 0.2) is 41.0 Å². The quantitative estimate of drug-likeness (QED) is 0.618. The van der Waals surface area contributed by atoms with E-state index < -0.39 is 5.50 Å². The maximum Gasteiger partial charge on any atom is 0.295 e. The number of benzene rings is 1. The first-order valence-corrected chi connectivity index (χ1v) is 6.60. The zero-order valence-corrected chi connectivity index (χ0v) is 12.1. The lowest BCUT2D eigenvalue weighted by molar-refractivity contribution is 0.0958. The smallest absolute Gasteiger partial charge is 0.295 e. The van der Waals surface area contributed by atoms with Crippen molar-refractivity contribution < 1.29 is 9.21 Å². The molecule has 3 nitrogen and oxygen atoms in total. The highest BCUT2D eigenvalue weighted by molar-refractivity contribution is 6.35. The van der Waals surface area contributed by atoms with E-state index in [4.69, 9.17) is 27.6 Å². The average molecular weight is 298 g/mol. The molecule has 0 saturated carbocycles. The SMILES string of the molecule is Cc1cccc(Cl)c1N(C(=O)c1ccco1)C(C)Cl. The Kier molecular flexibility index (Phi) is 4.17. The zero-order valence-electron chi connectivity index (χ0n) is 10.6. The number of hydrogen-bond acceptors (Lipinski definition) is 2. The number of carbonyl (C=O) groups excluding carboxylic acids is 1. The molecule has 2 rings (SSSR count). The van der Waals surface area contributed by atoms with Crippen LogP contribution < -0.4 is 4.90 Å². The first kappa shape index (κ1) is 14.0. The van der Waals surface area contributed by atoms with Crippen LogP contribution in [0.25, 0.3) is 0 Å². The summed E-state index contributed by atoms with van der Waals surface area (Å²) in [6.45, 7) is 3.59. The van der Waals surface area contributed by atoms with Crippen LogP contribution in [0.5, 0.6) is 0 Å². The van der Waals surface area contributed by atoms with E-state index in [0.29, 0.717) is 10.7 Å². The fourth-order valence-electron chi connectivity index (χ4n) is 1.89. The minimum Gasteiger partial charge on any atom is -0.459 e. The molecule has 0 aliphatic rings. The summed E-state index contributed by atoms with van der Waals surface area (Å²) in [6.07, 6.45) is 1.45. The van der Waals surface area contributed by atoms with Crippen molar-refractivity contribution in [3.05, 3.63) is 52.9 Å². The van der Waals surface area contributed by atoms with Gasteiger partial charge in [-0.3, -0.25) is 9.69 Å². The van der Waals surface area contributed by atoms with Gasteiger partial charge < -0.3 is 4.42 Å². The Labute approximate surface area is 121 Å². The van der Waals surface area contributed by atoms with Crippen molar-refractivity contribution in [2.45, 2.75) is 19.3 Å². The largest absolute Gasteiger partial charge is 0.459 e. The van der Waals surface area contributed by atoms with E-state index in [0.717, 1.165) is 5.56 Å². The maximum atomic E-state index is 12.4. The van der Waals surface area contributed by atoms with E-state index in [-0.39, 0.29) is 11.7 Å². The Morgan fingerprint density at radius 2 is 2.05 bits per heavy atom. The number of furan rings is 1. The van der Waals surface area contributed by atoms with Crippen LogP contribution >= 0.6 is 23.2 Å². The molecule has 1 aromatic heterocycles. The normalized spacial score (nSPS) is 12.2. The van der Waals surface area contributed by atoms with Crippen molar-refractivity contribution in [2.75, 3.05) is 4.90 Å². The van der Waals surface area contributed by atoms with Gasteiger partial charge in [0.25, 0.3) is 5.91 Å². The van der Waals surface area contributed by atoms with Gasteiger partial charge in [-0.15, -0.1) is 0 Å². The topological polar surface area (TPSA) is 33.5 Å². The second-order valence-corrected chi connectivity index (χ2v) is 5.17. The van der Waals surface area contributed by atoms with Gasteiger partial charge in [0.05, 0.1) is 17.0 Å². The zero-order chi connectivity index (χ0) is 14.0. The lowest BCUT2D eigenvalue weighted by Crippen LogP contribution is -2.36. The summed E-state index contributed by atoms with van der Waals surface area (Å²) in [5.41, 5.74) is 0.934. The van der Waals surface area contributed by atoms with Gasteiger partial charge in [0.1, 0.15) is 5.50 Å². The van der Waals surface area contributed by atoms with E-state index in [2.05, 4.69) is 0 Å². The lowest BCUT2D eigenvalue weighted by Gasteiger charge is -2.26. The Hall–Kier alpha value is -1.45. The molecule has 0 aliphatic heterocycles. The molecule has 0 saturated heterocycles. The number of alkyl halides is 1. The Balaban J connectivity index is 2.50. The molecule has 0 spiro atoms. The Morgan fingerprint density at radius 3 is 2.58 bits per heavy atom. The molecule has 0 radical (unpaired) electrons. The third-order valence-corrected chi connectivity index (χ3v) is 3.24. The summed E-state index contributed by atoms with van der Waals surface area (Å²) in [4.78, 5) is 13.9. The third kappa shape index (κ3) is 2.77. The number of aryl methyl sites for hydroxylation is 1. The first-order chi connectivity index (χ1) is 9.02. The first-order valence-electron chi connectivity index (χ1n) is 5.78. The van der Waals surface area contributed by atoms with Crippen LogP contribution in [-0.4, -0.2) is 11.4 Å². The summed E-state index contributed by atoms with van der Waals surface area (Å²) in [5.74, 6) is -0.0875. The predicted molar refractivity (Wildman–Crippen MR) is 77.0 cm³/mol. The predicted octanol–water partition coefficient (Wildman–Crippen LogP) is 4.47. The molecule has 1 unspecified atom stereocenters. The maximum absolute atomic E-state index is 12.4. The minimum absolute atomic E-state index is 0.229. The van der Waals surface area contributed by atoms with Crippen molar-refractivity contribution >= 4 is 34.8 Å². The second kappa shape index (κ2) is 5.68. The monoisotopic (exact) mass is 297 g/mol. The number of rotatable bonds is 3. The average Bonchev–Trinajstić information content (AvgIpc) is 2.86. The number of nitrogens with zero attached hydrogens (tertiary/aromatic N) is 1. The molecule has 2 aromatic rings. The third-order valence-electron chi connectivity index (χ3n) is 2.74. The van der Waals surface area contributed by atoms with E-state index in [9.17, 15) is 4.79 Å². The van der Waals surface area contributed by atoms with Crippen molar-refractivity contribution in [1.82, 2.24) is 0 Å². The summed E-state index contributed by atoms with van der Waals surface area (Å²) in [6, 6.07) is 8.69. The van der Waals surface area contributed by atoms with Gasteiger partial charge in [0, 0.05) is 0 Å². The van der Waals surface area contributed by atoms with E-state index in [1.165, 1.54) is 11.2 Å². The van der Waals surface area contributed by atoms with Gasteiger partial charge in [-0.25, -0.2) is 0 Å². The lowest BCUT2D eigenvalue weighted by atomic mass is 10.1. The van der Waals surface area contributed by atoms with Crippen molar-refractivity contribution in [1.29, 1.82) is 0 Å². The molecule has 1 heterocycles. The van der Waals surface area contributed by atoms with Crippen molar-refractivity contribution in [3.8, 4) is 0 Å². The Bertz CT molecular complexity index is 559. The van der Waals surface area contributed by atoms with Gasteiger partial charge >= 0.3 is 0 Å². The number of halogens is 2. The number of hydrogen-bond donors (Lipinski definition) is 0. The highest BCUT2D eigenvalue weighted by atomic mass is 35.5. The molecule has 0 aliphatic carbocycles. The molecule has 1 atom stereocenters. The van der Waals surface area contributed by atoms with Crippen LogP contribution in [-0.2, 0) is 0 Å². The van der Waals surface area contributed by atoms with E-state index >= 15 is 0 Å². The molecule has 5 heteroatoms. The molecule has 0 N–H and O–H groups in total. The van der Waals surface area contributed by atoms with Crippen LogP contribution in [0, 0.1) is 6.92 Å². The number of amides is 1. The van der Waals surface area contributed by atoms with Crippen LogP contribution in [0.1, 0.15) is 23.0 Å². The fraction of sp³-hybridized carbons (Fsp3) is 0.214. The van der Waals surface area contributed by atoms with Crippen LogP contribution in [0.3, 0.4) is 0 Å². The highest BCUT2D eigenvalue weighted by Crippen LogP contribution is 2.32. The summed E-state index contributed by atoms with van der Waals surface area (Å²) in [5, 5.41) is 0.479. The summed E-state index contributed by atoms with van der Waals surface area (Å²) < 4.78 is 5.13. The highest BCUT2D eigenvalue weighted by Gasteiger charge is 2.26. The number of carbonyl (C=O) groups is 1. The van der Waals surface area contributed by atoms with Gasteiger partial charge in [0.2, 0.25) is 0 Å². The fourth-order valence-corrected chi connectivity index (χ4v) is 2.39. The number of anilines is 1. The number of para-hydroxylation sites is 1. The van der Waals surface area contributed by atoms with Crippen molar-refractivity contribution in [3.63, 3.8) is 0 Å². The molecule has 1 aromatic carbocycles. The summed E-state index contributed by atoms with van der Waals surface area (Å²) >= 11 is 12.3. The molecule has 1 amide bonds. The molecule has 100 valence electrons. The standard InChI is InChI=1S/C14H13Cl2NO2/c1-9-5-3-6-11(16)13(9)17(10(2)15)14(18)12-7-4-8-19-12/h3-8,10H,1-2H3. The van der Waals surface area contributed by atoms with Gasteiger partial charge in [-0.2, -0.15) is 0 Å². The molecule has 19 heavy (non-hydrogen) atoms. The minimum atomic E-state index is -0.545. The van der Waals surface area contributed by atoms with Crippen LogP contribution in [0.2, 0.25) is 5.02 Å². The van der Waals surface area contributed by atoms with Gasteiger partial charge in [-0.1, -0.05) is 35.3 Å². The summed E-state index contributed by atoms with van der Waals surface area (Å²) in [7, 11) is 0. The molecular formula is C14H13Cl2NO2. The Morgan fingerprint density at radius 1 is 1.32 bits per heavy atom. The molecule has 0 bridgehead atoms. The van der Waals surface area contributed by atoms with E-state index in [1.807, 2.05) is 19.1 Å². The van der Waals surface area contributed by atoms with Crippen molar-refractivity contribution in [2.24, 2.45) is 0 Å². The van der Waals surface area contributed by atoms with Crippen LogP contribution in [0.4, 0.5) is 5.69 Å². The molecular weight excluding hydrogens is 285 g/mol. The van der Waals surface area contributed by atoms with Gasteiger partial charge in [-0.05, 0) is 37.6 Å². The second-order valence-electron chi connectivity index (χ2n) is 4.13.